The van der Waals surface area contributed by atoms with Crippen molar-refractivity contribution >= 4 is 67.1 Å². The van der Waals surface area contributed by atoms with E-state index in [1.807, 2.05) is 6.92 Å². The van der Waals surface area contributed by atoms with Crippen molar-refractivity contribution in [2.24, 2.45) is 0 Å². The average Bonchev–Trinajstić information content (AvgIpc) is 1.61. The zero-order valence-corrected chi connectivity index (χ0v) is 11.1. The Bertz CT molecular complexity index is 108. The number of rotatable bonds is 3. The van der Waals surface area contributed by atoms with Gasteiger partial charge in [0.1, 0.15) is 0 Å². The Balaban J connectivity index is 4.10. The van der Waals surface area contributed by atoms with Crippen molar-refractivity contribution in [1.82, 2.24) is 0 Å². The van der Waals surface area contributed by atoms with Gasteiger partial charge in [0.05, 0.1) is 0 Å². The summed E-state index contributed by atoms with van der Waals surface area (Å²) in [5, 5.41) is 0. The summed E-state index contributed by atoms with van der Waals surface area (Å²) in [6.07, 6.45) is -1.65. The van der Waals surface area contributed by atoms with Crippen LogP contribution in [-0.4, -0.2) is 11.7 Å². The monoisotopic (exact) mass is 274 g/mol. The third kappa shape index (κ3) is 3.52. The molecule has 0 aromatic carbocycles. The van der Waals surface area contributed by atoms with Crippen molar-refractivity contribution in [2.75, 3.05) is 0 Å². The zero-order valence-electron chi connectivity index (χ0n) is 5.30. The molecule has 0 radical (unpaired) electrons. The highest BCUT2D eigenvalue weighted by molar-refractivity contribution is 8.02. The van der Waals surface area contributed by atoms with Gasteiger partial charge in [-0.05, 0) is 6.04 Å². The second-order valence-electron chi connectivity index (χ2n) is 1.95. The van der Waals surface area contributed by atoms with E-state index in [9.17, 15) is 0 Å². The van der Waals surface area contributed by atoms with Crippen molar-refractivity contribution in [3.05, 3.63) is 0 Å². The maximum Gasteiger partial charge on any atom is 0.358 e. The molecule has 10 heavy (non-hydrogen) atoms. The molecule has 0 bridgehead atoms. The number of halogens is 5. The first-order valence-electron chi connectivity index (χ1n) is 2.76. The Morgan fingerprint density at radius 1 is 1.00 bits per heavy atom. The normalized spacial score (nSPS) is 13.8. The highest BCUT2D eigenvalue weighted by Crippen LogP contribution is 2.40. The molecule has 0 aliphatic rings. The number of hydrogen-bond acceptors (Lipinski definition) is 0. The van der Waals surface area contributed by atoms with Crippen LogP contribution in [0.4, 0.5) is 0 Å². The smallest absolute Gasteiger partial charge is 0.145 e. The lowest BCUT2D eigenvalue weighted by molar-refractivity contribution is 1.07. The van der Waals surface area contributed by atoms with Gasteiger partial charge in [-0.2, -0.15) is 0 Å². The van der Waals surface area contributed by atoms with Gasteiger partial charge < -0.3 is 0 Å². The van der Waals surface area contributed by atoms with Crippen molar-refractivity contribution in [2.45, 2.75) is 19.4 Å². The summed E-state index contributed by atoms with van der Waals surface area (Å²) >= 11 is 28.8. The minimum Gasteiger partial charge on any atom is -0.145 e. The molecule has 0 nitrogen and oxygen atoms in total. The molecule has 0 aromatic heterocycles. The molecule has 0 atom stereocenters. The number of hydrogen-bond donors (Lipinski definition) is 0. The van der Waals surface area contributed by atoms with E-state index >= 15 is 0 Å². The second kappa shape index (κ2) is 4.21. The van der Waals surface area contributed by atoms with E-state index in [1.54, 1.807) is 0 Å². The highest BCUT2D eigenvalue weighted by atomic mass is 35.9. The highest BCUT2D eigenvalue weighted by Gasteiger charge is 2.51. The van der Waals surface area contributed by atoms with Crippen LogP contribution in [0.3, 0.4) is 0 Å². The lowest BCUT2D eigenvalue weighted by Crippen LogP contribution is -2.42. The first kappa shape index (κ1) is 11.9. The molecule has 0 saturated heterocycles. The summed E-state index contributed by atoms with van der Waals surface area (Å²) in [5.41, 5.74) is -2.82. The van der Waals surface area contributed by atoms with Gasteiger partial charge in [0.15, 0.2) is 0 Å². The van der Waals surface area contributed by atoms with Gasteiger partial charge in [-0.3, -0.25) is 0 Å². The first-order chi connectivity index (χ1) is 4.31. The molecule has 0 fully saturated rings. The van der Waals surface area contributed by atoms with Crippen LogP contribution in [0.25, 0.3) is 0 Å². The standard InChI is InChI=1S/C3H7Cl5Si2/c1-2-3-9(4,5)10(6,7)8/h2-3H2,1H3. The molecule has 0 aliphatic heterocycles. The predicted molar refractivity (Wildman–Crippen MR) is 55.9 cm³/mol. The molecule has 7 heteroatoms. The molecule has 0 aromatic rings. The average molecular weight is 277 g/mol. The largest absolute Gasteiger partial charge is 0.358 e. The fourth-order valence-electron chi connectivity index (χ4n) is 0.456. The van der Waals surface area contributed by atoms with Crippen LogP contribution in [0.1, 0.15) is 13.3 Å². The third-order valence-electron chi connectivity index (χ3n) is 0.979. The molecule has 0 heterocycles. The van der Waals surface area contributed by atoms with Gasteiger partial charge in [-0.1, -0.05) is 13.3 Å². The van der Waals surface area contributed by atoms with E-state index < -0.39 is 11.7 Å². The van der Waals surface area contributed by atoms with E-state index in [2.05, 4.69) is 0 Å². The van der Waals surface area contributed by atoms with Crippen molar-refractivity contribution in [3.8, 4) is 0 Å². The summed E-state index contributed by atoms with van der Waals surface area (Å²) in [6, 6.07) is 0.666. The van der Waals surface area contributed by atoms with Crippen LogP contribution in [0, 0.1) is 0 Å². The first-order valence-corrected chi connectivity index (χ1v) is 13.0. The van der Waals surface area contributed by atoms with Crippen LogP contribution < -0.4 is 0 Å². The van der Waals surface area contributed by atoms with Crippen molar-refractivity contribution < 1.29 is 0 Å². The Hall–Kier alpha value is 1.88. The fraction of sp³-hybridized carbons (Fsp3) is 1.00. The predicted octanol–water partition coefficient (Wildman–Crippen LogP) is 4.05. The van der Waals surface area contributed by atoms with Gasteiger partial charge >= 0.3 is 5.52 Å². The molecule has 62 valence electrons. The molecule has 0 spiro atoms. The lowest BCUT2D eigenvalue weighted by Gasteiger charge is -2.20. The Labute approximate surface area is 86.1 Å². The van der Waals surface area contributed by atoms with Gasteiger partial charge in [0.2, 0.25) is 0 Å². The zero-order chi connectivity index (χ0) is 8.41. The SMILES string of the molecule is CCC[Si](Cl)(Cl)[Si](Cl)(Cl)Cl. The van der Waals surface area contributed by atoms with Gasteiger partial charge in [-0.25, -0.2) is 0 Å². The van der Waals surface area contributed by atoms with E-state index in [-0.39, 0.29) is 0 Å². The summed E-state index contributed by atoms with van der Waals surface area (Å²) in [4.78, 5) is 0. The minimum absolute atomic E-state index is 0.666. The van der Waals surface area contributed by atoms with Gasteiger partial charge in [0.25, 0.3) is 6.21 Å². The van der Waals surface area contributed by atoms with Gasteiger partial charge in [-0.15, -0.1) is 55.4 Å². The van der Waals surface area contributed by atoms with Crippen molar-refractivity contribution in [1.29, 1.82) is 0 Å². The molecule has 0 aliphatic carbocycles. The topological polar surface area (TPSA) is 0 Å². The second-order valence-corrected chi connectivity index (χ2v) is 25.7. The van der Waals surface area contributed by atoms with Crippen LogP contribution in [0.15, 0.2) is 0 Å². The van der Waals surface area contributed by atoms with E-state index in [0.29, 0.717) is 6.04 Å². The summed E-state index contributed by atoms with van der Waals surface area (Å²) in [7, 11) is 0. The van der Waals surface area contributed by atoms with Crippen molar-refractivity contribution in [3.63, 3.8) is 0 Å². The Morgan fingerprint density at radius 3 is 1.50 bits per heavy atom. The maximum atomic E-state index is 5.88. The lowest BCUT2D eigenvalue weighted by atomic mass is 10.6. The molecular weight excluding hydrogens is 269 g/mol. The molecule has 0 N–H and O–H groups in total. The third-order valence-corrected chi connectivity index (χ3v) is 26.3. The molecule has 0 saturated carbocycles. The Morgan fingerprint density at radius 2 is 1.40 bits per heavy atom. The van der Waals surface area contributed by atoms with Crippen LogP contribution >= 0.6 is 55.4 Å². The summed E-state index contributed by atoms with van der Waals surface area (Å²) < 4.78 is 0. The fourth-order valence-corrected chi connectivity index (χ4v) is 6.65. The summed E-state index contributed by atoms with van der Waals surface area (Å²) in [5.74, 6) is 0. The maximum absolute atomic E-state index is 5.88. The van der Waals surface area contributed by atoms with E-state index in [1.165, 1.54) is 0 Å². The van der Waals surface area contributed by atoms with Crippen LogP contribution in [-0.2, 0) is 0 Å². The quantitative estimate of drug-likeness (QED) is 0.539. The van der Waals surface area contributed by atoms with Crippen LogP contribution in [0.2, 0.25) is 6.04 Å². The molecule has 0 amide bonds. The Kier molecular flexibility index (Phi) is 5.01. The minimum atomic E-state index is -2.82. The van der Waals surface area contributed by atoms with E-state index in [0.717, 1.165) is 6.42 Å². The summed E-state index contributed by atoms with van der Waals surface area (Å²) in [6.45, 7) is 1.97. The van der Waals surface area contributed by atoms with E-state index in [4.69, 9.17) is 55.4 Å². The molecule has 0 rings (SSSR count). The molecule has 0 unspecified atom stereocenters. The molecular formula is C3H7Cl5Si2. The van der Waals surface area contributed by atoms with Crippen LogP contribution in [0.5, 0.6) is 0 Å². The van der Waals surface area contributed by atoms with Gasteiger partial charge in [0, 0.05) is 0 Å².